The van der Waals surface area contributed by atoms with Gasteiger partial charge in [-0.3, -0.25) is 9.69 Å². The Morgan fingerprint density at radius 3 is 2.44 bits per heavy atom. The van der Waals surface area contributed by atoms with Crippen molar-refractivity contribution in [2.75, 3.05) is 45.1 Å². The van der Waals surface area contributed by atoms with Crippen molar-refractivity contribution in [2.45, 2.75) is 13.5 Å². The number of piperazine rings is 1. The molecule has 34 heavy (non-hydrogen) atoms. The Bertz CT molecular complexity index is 1160. The van der Waals surface area contributed by atoms with Crippen LogP contribution < -0.4 is 10.6 Å². The lowest BCUT2D eigenvalue weighted by atomic mass is 10.1. The van der Waals surface area contributed by atoms with Crippen LogP contribution in [0.1, 0.15) is 21.5 Å². The molecule has 2 heterocycles. The largest absolute Gasteiger partial charge is 0.339 e. The molecule has 1 saturated heterocycles. The van der Waals surface area contributed by atoms with Gasteiger partial charge in [0.2, 0.25) is 5.95 Å². The van der Waals surface area contributed by atoms with Gasteiger partial charge in [0.25, 0.3) is 5.91 Å². The van der Waals surface area contributed by atoms with E-state index >= 15 is 0 Å². The van der Waals surface area contributed by atoms with Crippen molar-refractivity contribution in [3.05, 3.63) is 71.4 Å². The number of hydrogen-bond acceptors (Lipinski definition) is 7. The zero-order valence-electron chi connectivity index (χ0n) is 19.6. The van der Waals surface area contributed by atoms with Crippen molar-refractivity contribution in [1.29, 1.82) is 5.26 Å². The summed E-state index contributed by atoms with van der Waals surface area (Å²) in [7, 11) is 2.17. The first-order chi connectivity index (χ1) is 16.5. The van der Waals surface area contributed by atoms with Crippen molar-refractivity contribution in [3.63, 3.8) is 0 Å². The van der Waals surface area contributed by atoms with Gasteiger partial charge in [-0.2, -0.15) is 5.26 Å². The molecule has 0 bridgehead atoms. The molecule has 0 spiro atoms. The summed E-state index contributed by atoms with van der Waals surface area (Å²) in [5.41, 5.74) is 5.35. The number of likely N-dealkylation sites (N-methyl/N-ethyl adjacent to an activating group) is 1. The molecule has 1 amide bonds. The van der Waals surface area contributed by atoms with Crippen molar-refractivity contribution < 1.29 is 4.79 Å². The second-order valence-electron chi connectivity index (χ2n) is 8.54. The van der Waals surface area contributed by atoms with Gasteiger partial charge in [0, 0.05) is 55.7 Å². The molecule has 2 N–H and O–H groups in total. The number of aryl methyl sites for hydroxylation is 1. The first-order valence-electron chi connectivity index (χ1n) is 11.4. The molecule has 2 aromatic carbocycles. The highest BCUT2D eigenvalue weighted by Crippen LogP contribution is 2.24. The second-order valence-corrected chi connectivity index (χ2v) is 8.54. The monoisotopic (exact) mass is 455 g/mol. The number of hydrogen-bond donors (Lipinski definition) is 2. The zero-order valence-corrected chi connectivity index (χ0v) is 19.6. The quantitative estimate of drug-likeness (QED) is 0.528. The molecule has 1 aliphatic heterocycles. The Morgan fingerprint density at radius 2 is 1.76 bits per heavy atom. The third kappa shape index (κ3) is 5.95. The Labute approximate surface area is 200 Å². The maximum absolute atomic E-state index is 12.0. The second kappa shape index (κ2) is 10.9. The van der Waals surface area contributed by atoms with Gasteiger partial charge in [0.15, 0.2) is 0 Å². The molecule has 1 aliphatic rings. The molecule has 0 saturated carbocycles. The summed E-state index contributed by atoms with van der Waals surface area (Å²) < 4.78 is 0. The molecule has 1 fully saturated rings. The van der Waals surface area contributed by atoms with E-state index in [2.05, 4.69) is 56.7 Å². The van der Waals surface area contributed by atoms with Crippen LogP contribution in [0.25, 0.3) is 11.3 Å². The van der Waals surface area contributed by atoms with E-state index in [-0.39, 0.29) is 12.5 Å². The van der Waals surface area contributed by atoms with Crippen LogP contribution in [-0.4, -0.2) is 65.4 Å². The SMILES string of the molecule is Cc1cnc(Nc2ccc(CN3CCN(C)CC3)cc2)nc1-c1ccc(C(=O)NCC#N)cc1. The van der Waals surface area contributed by atoms with Crippen molar-refractivity contribution >= 4 is 17.5 Å². The number of benzene rings is 2. The Hall–Kier alpha value is -3.80. The van der Waals surface area contributed by atoms with Crippen LogP contribution >= 0.6 is 0 Å². The summed E-state index contributed by atoms with van der Waals surface area (Å²) in [4.78, 5) is 26.0. The number of nitrogens with one attached hydrogen (secondary N) is 2. The maximum Gasteiger partial charge on any atom is 0.252 e. The standard InChI is InChI=1S/C26H29N7O/c1-19-17-29-26(31-24(19)21-5-7-22(8-6-21)25(34)28-12-11-27)30-23-9-3-20(4-10-23)18-33-15-13-32(2)14-16-33/h3-10,17H,12-16,18H2,1-2H3,(H,28,34)(H,29,30,31). The predicted octanol–water partition coefficient (Wildman–Crippen LogP) is 3.20. The lowest BCUT2D eigenvalue weighted by molar-refractivity contribution is 0.0958. The normalized spacial score (nSPS) is 14.4. The van der Waals surface area contributed by atoms with Gasteiger partial charge >= 0.3 is 0 Å². The minimum atomic E-state index is -0.272. The van der Waals surface area contributed by atoms with Crippen LogP contribution in [0.15, 0.2) is 54.7 Å². The van der Waals surface area contributed by atoms with Gasteiger partial charge < -0.3 is 15.5 Å². The van der Waals surface area contributed by atoms with Gasteiger partial charge in [-0.15, -0.1) is 0 Å². The first kappa shape index (κ1) is 23.4. The van der Waals surface area contributed by atoms with Gasteiger partial charge in [0.1, 0.15) is 6.54 Å². The first-order valence-corrected chi connectivity index (χ1v) is 11.4. The molecule has 8 heteroatoms. The maximum atomic E-state index is 12.0. The molecule has 4 rings (SSSR count). The highest BCUT2D eigenvalue weighted by Gasteiger charge is 2.14. The lowest BCUT2D eigenvalue weighted by Crippen LogP contribution is -2.43. The van der Waals surface area contributed by atoms with Gasteiger partial charge in [-0.05, 0) is 49.4 Å². The summed E-state index contributed by atoms with van der Waals surface area (Å²) in [5, 5.41) is 14.5. The van der Waals surface area contributed by atoms with Crippen LogP contribution in [0.2, 0.25) is 0 Å². The average molecular weight is 456 g/mol. The predicted molar refractivity (Wildman–Crippen MR) is 133 cm³/mol. The molecular formula is C26H29N7O. The van der Waals surface area contributed by atoms with Crippen LogP contribution in [0, 0.1) is 18.3 Å². The smallest absolute Gasteiger partial charge is 0.252 e. The van der Waals surface area contributed by atoms with E-state index in [1.165, 1.54) is 5.56 Å². The number of amides is 1. The fraction of sp³-hybridized carbons (Fsp3) is 0.308. The van der Waals surface area contributed by atoms with Crippen LogP contribution in [0.4, 0.5) is 11.6 Å². The lowest BCUT2D eigenvalue weighted by Gasteiger charge is -2.32. The van der Waals surface area contributed by atoms with E-state index in [0.29, 0.717) is 11.5 Å². The molecule has 0 unspecified atom stereocenters. The van der Waals surface area contributed by atoms with Gasteiger partial charge in [0.05, 0.1) is 11.8 Å². The molecule has 1 aromatic heterocycles. The molecule has 0 atom stereocenters. The van der Waals surface area contributed by atoms with Crippen molar-refractivity contribution in [2.24, 2.45) is 0 Å². The molecule has 0 aliphatic carbocycles. The number of aromatic nitrogens is 2. The topological polar surface area (TPSA) is 97.2 Å². The third-order valence-corrected chi connectivity index (χ3v) is 5.93. The number of nitriles is 1. The fourth-order valence-corrected chi connectivity index (χ4v) is 3.88. The zero-order chi connectivity index (χ0) is 23.9. The highest BCUT2D eigenvalue weighted by atomic mass is 16.1. The average Bonchev–Trinajstić information content (AvgIpc) is 2.86. The molecular weight excluding hydrogens is 426 g/mol. The van der Waals surface area contributed by atoms with E-state index in [0.717, 1.165) is 55.2 Å². The Balaban J connectivity index is 1.42. The minimum absolute atomic E-state index is 0.0164. The summed E-state index contributed by atoms with van der Waals surface area (Å²) in [6.45, 7) is 7.33. The summed E-state index contributed by atoms with van der Waals surface area (Å²) in [6, 6.07) is 17.5. The van der Waals surface area contributed by atoms with E-state index in [1.807, 2.05) is 25.1 Å². The summed E-state index contributed by atoms with van der Waals surface area (Å²) >= 11 is 0. The molecule has 8 nitrogen and oxygen atoms in total. The van der Waals surface area contributed by atoms with E-state index < -0.39 is 0 Å². The summed E-state index contributed by atoms with van der Waals surface area (Å²) in [6.07, 6.45) is 1.79. The third-order valence-electron chi connectivity index (χ3n) is 5.93. The van der Waals surface area contributed by atoms with Crippen LogP contribution in [0.3, 0.4) is 0 Å². The van der Waals surface area contributed by atoms with Crippen molar-refractivity contribution in [3.8, 4) is 17.3 Å². The molecule has 0 radical (unpaired) electrons. The minimum Gasteiger partial charge on any atom is -0.339 e. The highest BCUT2D eigenvalue weighted by molar-refractivity contribution is 5.94. The molecule has 174 valence electrons. The Kier molecular flexibility index (Phi) is 7.48. The number of nitrogens with zero attached hydrogens (tertiary/aromatic N) is 5. The number of carbonyl (C=O) groups is 1. The number of anilines is 2. The fourth-order valence-electron chi connectivity index (χ4n) is 3.88. The van der Waals surface area contributed by atoms with Crippen molar-refractivity contribution in [1.82, 2.24) is 25.1 Å². The van der Waals surface area contributed by atoms with Crippen LogP contribution in [-0.2, 0) is 6.54 Å². The number of rotatable bonds is 7. The van der Waals surface area contributed by atoms with Gasteiger partial charge in [-0.25, -0.2) is 9.97 Å². The molecule has 3 aromatic rings. The van der Waals surface area contributed by atoms with Gasteiger partial charge in [-0.1, -0.05) is 24.3 Å². The van der Waals surface area contributed by atoms with E-state index in [9.17, 15) is 4.79 Å². The summed E-state index contributed by atoms with van der Waals surface area (Å²) in [5.74, 6) is 0.245. The van der Waals surface area contributed by atoms with E-state index in [4.69, 9.17) is 10.2 Å². The number of carbonyl (C=O) groups excluding carboxylic acids is 1. The Morgan fingerprint density at radius 1 is 1.06 bits per heavy atom. The van der Waals surface area contributed by atoms with E-state index in [1.54, 1.807) is 18.3 Å². The van der Waals surface area contributed by atoms with Crippen LogP contribution in [0.5, 0.6) is 0 Å².